The van der Waals surface area contributed by atoms with Gasteiger partial charge in [0.15, 0.2) is 0 Å². The highest BCUT2D eigenvalue weighted by molar-refractivity contribution is 7.11. The Morgan fingerprint density at radius 2 is 2.10 bits per heavy atom. The lowest BCUT2D eigenvalue weighted by Crippen LogP contribution is -2.03. The lowest BCUT2D eigenvalue weighted by atomic mass is 10.3. The van der Waals surface area contributed by atoms with E-state index in [9.17, 15) is 0 Å². The van der Waals surface area contributed by atoms with Crippen molar-refractivity contribution in [3.05, 3.63) is 40.1 Å². The van der Waals surface area contributed by atoms with E-state index < -0.39 is 0 Å². The molecular formula is C15H18N4S. The number of benzene rings is 1. The summed E-state index contributed by atoms with van der Waals surface area (Å²) in [6.45, 7) is 5.07. The number of rotatable bonds is 4. The highest BCUT2D eigenvalue weighted by Gasteiger charge is 2.11. The Morgan fingerprint density at radius 3 is 2.80 bits per heavy atom. The van der Waals surface area contributed by atoms with Gasteiger partial charge in [-0.1, -0.05) is 13.8 Å². The standard InChI is InChI=1S/C15H18N4S/c1-3-11-8-17-15(20-11)9-19-13-6-5-10(16)7-12(13)18-14(19)4-2/h5-8H,3-4,9,16H2,1-2H3. The van der Waals surface area contributed by atoms with Crippen LogP contribution in [-0.2, 0) is 19.4 Å². The number of aryl methyl sites for hydroxylation is 2. The zero-order valence-electron chi connectivity index (χ0n) is 11.8. The molecule has 0 amide bonds. The van der Waals surface area contributed by atoms with Gasteiger partial charge >= 0.3 is 0 Å². The highest BCUT2D eigenvalue weighted by atomic mass is 32.1. The Bertz CT molecular complexity index is 741. The van der Waals surface area contributed by atoms with Crippen molar-refractivity contribution in [2.75, 3.05) is 5.73 Å². The molecule has 2 heterocycles. The summed E-state index contributed by atoms with van der Waals surface area (Å²) < 4.78 is 2.24. The Morgan fingerprint density at radius 1 is 1.25 bits per heavy atom. The molecule has 2 aromatic heterocycles. The third-order valence-corrected chi connectivity index (χ3v) is 4.54. The van der Waals surface area contributed by atoms with Gasteiger partial charge in [-0.05, 0) is 24.6 Å². The second-order valence-electron chi connectivity index (χ2n) is 4.79. The SMILES string of the molecule is CCc1cnc(Cn2c(CC)nc3cc(N)ccc32)s1. The molecule has 0 bridgehead atoms. The number of hydrogen-bond acceptors (Lipinski definition) is 4. The van der Waals surface area contributed by atoms with Crippen LogP contribution < -0.4 is 5.73 Å². The Balaban J connectivity index is 2.04. The van der Waals surface area contributed by atoms with E-state index >= 15 is 0 Å². The fraction of sp³-hybridized carbons (Fsp3) is 0.333. The first-order chi connectivity index (χ1) is 9.71. The van der Waals surface area contributed by atoms with Gasteiger partial charge in [-0.25, -0.2) is 9.97 Å². The molecule has 0 aliphatic heterocycles. The van der Waals surface area contributed by atoms with Crippen molar-refractivity contribution in [3.63, 3.8) is 0 Å². The molecule has 0 saturated heterocycles. The van der Waals surface area contributed by atoms with Crippen LogP contribution in [0.5, 0.6) is 0 Å². The number of nitrogens with zero attached hydrogens (tertiary/aromatic N) is 3. The maximum atomic E-state index is 5.84. The van der Waals surface area contributed by atoms with Gasteiger partial charge in [0.2, 0.25) is 0 Å². The van der Waals surface area contributed by atoms with Crippen molar-refractivity contribution < 1.29 is 0 Å². The topological polar surface area (TPSA) is 56.7 Å². The van der Waals surface area contributed by atoms with E-state index in [1.165, 1.54) is 4.88 Å². The summed E-state index contributed by atoms with van der Waals surface area (Å²) in [6.07, 6.45) is 3.92. The summed E-state index contributed by atoms with van der Waals surface area (Å²) >= 11 is 1.78. The largest absolute Gasteiger partial charge is 0.399 e. The molecule has 0 aliphatic rings. The zero-order valence-corrected chi connectivity index (χ0v) is 12.6. The number of nitrogen functional groups attached to an aromatic ring is 1. The number of anilines is 1. The molecule has 0 saturated carbocycles. The molecule has 0 spiro atoms. The van der Waals surface area contributed by atoms with Gasteiger partial charge in [0.05, 0.1) is 17.6 Å². The quantitative estimate of drug-likeness (QED) is 0.749. The fourth-order valence-corrected chi connectivity index (χ4v) is 3.21. The minimum atomic E-state index is 0.757. The van der Waals surface area contributed by atoms with Crippen molar-refractivity contribution in [3.8, 4) is 0 Å². The van der Waals surface area contributed by atoms with Gasteiger partial charge in [0.25, 0.3) is 0 Å². The number of imidazole rings is 1. The van der Waals surface area contributed by atoms with E-state index in [4.69, 9.17) is 5.73 Å². The molecule has 0 radical (unpaired) electrons. The van der Waals surface area contributed by atoms with Gasteiger partial charge in [-0.2, -0.15) is 0 Å². The van der Waals surface area contributed by atoms with E-state index in [0.717, 1.165) is 46.9 Å². The smallest absolute Gasteiger partial charge is 0.113 e. The third-order valence-electron chi connectivity index (χ3n) is 3.41. The average Bonchev–Trinajstić information content (AvgIpc) is 3.03. The van der Waals surface area contributed by atoms with Crippen LogP contribution in [0.15, 0.2) is 24.4 Å². The van der Waals surface area contributed by atoms with E-state index in [0.29, 0.717) is 0 Å². The van der Waals surface area contributed by atoms with Gasteiger partial charge in [-0.15, -0.1) is 11.3 Å². The predicted molar refractivity (Wildman–Crippen MR) is 84.1 cm³/mol. The van der Waals surface area contributed by atoms with Crippen LogP contribution >= 0.6 is 11.3 Å². The summed E-state index contributed by atoms with van der Waals surface area (Å²) in [5.74, 6) is 1.08. The van der Waals surface area contributed by atoms with Crippen molar-refractivity contribution in [1.82, 2.24) is 14.5 Å². The van der Waals surface area contributed by atoms with E-state index in [-0.39, 0.29) is 0 Å². The second-order valence-corrected chi connectivity index (χ2v) is 5.99. The highest BCUT2D eigenvalue weighted by Crippen LogP contribution is 2.22. The monoisotopic (exact) mass is 286 g/mol. The minimum Gasteiger partial charge on any atom is -0.399 e. The Labute approximate surface area is 122 Å². The van der Waals surface area contributed by atoms with Gasteiger partial charge < -0.3 is 10.3 Å². The third kappa shape index (κ3) is 2.29. The predicted octanol–water partition coefficient (Wildman–Crippen LogP) is 3.25. The van der Waals surface area contributed by atoms with Crippen LogP contribution in [0.3, 0.4) is 0 Å². The van der Waals surface area contributed by atoms with E-state index in [1.807, 2.05) is 24.4 Å². The first kappa shape index (κ1) is 13.1. The molecule has 0 unspecified atom stereocenters. The van der Waals surface area contributed by atoms with E-state index in [2.05, 4.69) is 28.4 Å². The second kappa shape index (κ2) is 5.25. The van der Waals surface area contributed by atoms with Gasteiger partial charge in [-0.3, -0.25) is 0 Å². The van der Waals surface area contributed by atoms with Crippen molar-refractivity contribution in [1.29, 1.82) is 0 Å². The number of thiazole rings is 1. The van der Waals surface area contributed by atoms with Gasteiger partial charge in [0, 0.05) is 23.2 Å². The minimum absolute atomic E-state index is 0.757. The summed E-state index contributed by atoms with van der Waals surface area (Å²) in [7, 11) is 0. The summed E-state index contributed by atoms with van der Waals surface area (Å²) in [5.41, 5.74) is 8.69. The lowest BCUT2D eigenvalue weighted by Gasteiger charge is -2.05. The molecular weight excluding hydrogens is 268 g/mol. The van der Waals surface area contributed by atoms with Crippen molar-refractivity contribution >= 4 is 28.1 Å². The molecule has 4 nitrogen and oxygen atoms in total. The molecule has 20 heavy (non-hydrogen) atoms. The van der Waals surface area contributed by atoms with Crippen LogP contribution in [0, 0.1) is 0 Å². The van der Waals surface area contributed by atoms with Crippen LogP contribution in [-0.4, -0.2) is 14.5 Å². The summed E-state index contributed by atoms with van der Waals surface area (Å²) in [6, 6.07) is 5.91. The number of nitrogens with two attached hydrogens (primary N) is 1. The fourth-order valence-electron chi connectivity index (χ4n) is 2.36. The molecule has 0 atom stereocenters. The van der Waals surface area contributed by atoms with Crippen LogP contribution in [0.1, 0.15) is 29.6 Å². The average molecular weight is 286 g/mol. The number of aromatic nitrogens is 3. The molecule has 5 heteroatoms. The van der Waals surface area contributed by atoms with Crippen molar-refractivity contribution in [2.24, 2.45) is 0 Å². The first-order valence-corrected chi connectivity index (χ1v) is 7.71. The van der Waals surface area contributed by atoms with Crippen LogP contribution in [0.2, 0.25) is 0 Å². The zero-order chi connectivity index (χ0) is 14.1. The summed E-state index contributed by atoms with van der Waals surface area (Å²) in [4.78, 5) is 10.5. The molecule has 0 aliphatic carbocycles. The Kier molecular flexibility index (Phi) is 3.44. The molecule has 0 fully saturated rings. The first-order valence-electron chi connectivity index (χ1n) is 6.89. The van der Waals surface area contributed by atoms with Crippen LogP contribution in [0.25, 0.3) is 11.0 Å². The molecule has 3 aromatic rings. The number of hydrogen-bond donors (Lipinski definition) is 1. The van der Waals surface area contributed by atoms with Crippen LogP contribution in [0.4, 0.5) is 5.69 Å². The normalized spacial score (nSPS) is 11.3. The lowest BCUT2D eigenvalue weighted by molar-refractivity contribution is 0.748. The summed E-state index contributed by atoms with van der Waals surface area (Å²) in [5, 5.41) is 1.13. The molecule has 1 aromatic carbocycles. The van der Waals surface area contributed by atoms with Crippen molar-refractivity contribution in [2.45, 2.75) is 33.2 Å². The molecule has 104 valence electrons. The van der Waals surface area contributed by atoms with E-state index in [1.54, 1.807) is 11.3 Å². The Hall–Kier alpha value is -1.88. The molecule has 3 rings (SSSR count). The maximum absolute atomic E-state index is 5.84. The number of fused-ring (bicyclic) bond motifs is 1. The maximum Gasteiger partial charge on any atom is 0.113 e. The molecule has 2 N–H and O–H groups in total. The van der Waals surface area contributed by atoms with Gasteiger partial charge in [0.1, 0.15) is 10.8 Å².